The molecule has 6 heteroatoms. The molecule has 0 amide bonds. The highest BCUT2D eigenvalue weighted by Crippen LogP contribution is 2.31. The number of nitrogens with zero attached hydrogens (tertiary/aromatic N) is 3. The average Bonchev–Trinajstić information content (AvgIpc) is 3.09. The highest BCUT2D eigenvalue weighted by atomic mass is 32.1. The van der Waals surface area contributed by atoms with Gasteiger partial charge in [-0.1, -0.05) is 0 Å². The lowest BCUT2D eigenvalue weighted by Crippen LogP contribution is -2.20. The standard InChI is InChI=1S/C15H17FN4S/c1-3-20-15(18-9-19-20)8-12(17-2)14-7-10-6-11(16)4-5-13(10)21-14/h4-7,9,12,17H,3,8H2,1-2H3. The van der Waals surface area contributed by atoms with Crippen LogP contribution in [0.15, 0.2) is 30.6 Å². The van der Waals surface area contributed by atoms with Crippen LogP contribution in [0.1, 0.15) is 23.7 Å². The van der Waals surface area contributed by atoms with E-state index in [-0.39, 0.29) is 11.9 Å². The van der Waals surface area contributed by atoms with Gasteiger partial charge in [-0.15, -0.1) is 11.3 Å². The quantitative estimate of drug-likeness (QED) is 0.787. The molecule has 1 atom stereocenters. The van der Waals surface area contributed by atoms with Crippen LogP contribution < -0.4 is 5.32 Å². The molecule has 0 bridgehead atoms. The fraction of sp³-hybridized carbons (Fsp3) is 0.333. The summed E-state index contributed by atoms with van der Waals surface area (Å²) < 4.78 is 16.3. The lowest BCUT2D eigenvalue weighted by atomic mass is 10.1. The molecule has 1 unspecified atom stereocenters. The lowest BCUT2D eigenvalue weighted by molar-refractivity contribution is 0.539. The van der Waals surface area contributed by atoms with Gasteiger partial charge in [-0.05, 0) is 43.6 Å². The Morgan fingerprint density at radius 1 is 1.38 bits per heavy atom. The summed E-state index contributed by atoms with van der Waals surface area (Å²) in [5.74, 6) is 0.763. The first-order chi connectivity index (χ1) is 10.2. The molecule has 0 spiro atoms. The number of thiophene rings is 1. The van der Waals surface area contributed by atoms with Crippen LogP contribution in [0.4, 0.5) is 4.39 Å². The van der Waals surface area contributed by atoms with Crippen LogP contribution in [0.2, 0.25) is 0 Å². The normalized spacial score (nSPS) is 12.9. The van der Waals surface area contributed by atoms with E-state index in [1.54, 1.807) is 23.7 Å². The molecule has 0 aliphatic rings. The van der Waals surface area contributed by atoms with Crippen molar-refractivity contribution in [2.24, 2.45) is 0 Å². The number of likely N-dealkylation sites (N-methyl/N-ethyl adjacent to an activating group) is 1. The third-order valence-electron chi connectivity index (χ3n) is 3.57. The molecule has 0 saturated heterocycles. The first-order valence-corrected chi connectivity index (χ1v) is 7.76. The number of nitrogens with one attached hydrogen (secondary N) is 1. The van der Waals surface area contributed by atoms with Gasteiger partial charge in [0, 0.05) is 28.6 Å². The summed E-state index contributed by atoms with van der Waals surface area (Å²) in [6.07, 6.45) is 2.35. The van der Waals surface area contributed by atoms with Gasteiger partial charge in [0.2, 0.25) is 0 Å². The van der Waals surface area contributed by atoms with Gasteiger partial charge in [-0.2, -0.15) is 5.10 Å². The minimum absolute atomic E-state index is 0.153. The third-order valence-corrected chi connectivity index (χ3v) is 4.80. The third kappa shape index (κ3) is 2.82. The zero-order chi connectivity index (χ0) is 14.8. The lowest BCUT2D eigenvalue weighted by Gasteiger charge is -2.14. The zero-order valence-corrected chi connectivity index (χ0v) is 12.8. The molecule has 0 aliphatic heterocycles. The largest absolute Gasteiger partial charge is 0.312 e. The van der Waals surface area contributed by atoms with Gasteiger partial charge >= 0.3 is 0 Å². The predicted octanol–water partition coefficient (Wildman–Crippen LogP) is 3.16. The van der Waals surface area contributed by atoms with Gasteiger partial charge in [0.05, 0.1) is 0 Å². The molecule has 3 rings (SSSR count). The molecule has 2 heterocycles. The maximum Gasteiger partial charge on any atom is 0.138 e. The van der Waals surface area contributed by atoms with Crippen LogP contribution in [0.3, 0.4) is 0 Å². The van der Waals surface area contributed by atoms with Crippen LogP contribution in [0.5, 0.6) is 0 Å². The van der Waals surface area contributed by atoms with Crippen molar-refractivity contribution in [3.63, 3.8) is 0 Å². The zero-order valence-electron chi connectivity index (χ0n) is 12.0. The molecule has 0 fully saturated rings. The van der Waals surface area contributed by atoms with Crippen molar-refractivity contribution in [1.82, 2.24) is 20.1 Å². The van der Waals surface area contributed by atoms with Crippen molar-refractivity contribution in [1.29, 1.82) is 0 Å². The SMILES string of the molecule is CCn1ncnc1CC(NC)c1cc2cc(F)ccc2s1. The summed E-state index contributed by atoms with van der Waals surface area (Å²) >= 11 is 1.69. The fourth-order valence-corrected chi connectivity index (χ4v) is 3.60. The summed E-state index contributed by atoms with van der Waals surface area (Å²) in [5, 5.41) is 8.47. The monoisotopic (exact) mass is 304 g/mol. The Bertz CT molecular complexity index is 749. The fourth-order valence-electron chi connectivity index (χ4n) is 2.44. The minimum atomic E-state index is -0.196. The second-order valence-electron chi connectivity index (χ2n) is 4.87. The molecule has 2 aromatic heterocycles. The summed E-state index contributed by atoms with van der Waals surface area (Å²) in [5.41, 5.74) is 0. The first kappa shape index (κ1) is 14.2. The molecular formula is C15H17FN4S. The number of fused-ring (bicyclic) bond motifs is 1. The second-order valence-corrected chi connectivity index (χ2v) is 5.98. The molecule has 0 saturated carbocycles. The van der Waals surface area contributed by atoms with E-state index in [1.165, 1.54) is 10.9 Å². The number of hydrogen-bond acceptors (Lipinski definition) is 4. The van der Waals surface area contributed by atoms with Gasteiger partial charge in [0.25, 0.3) is 0 Å². The van der Waals surface area contributed by atoms with Crippen molar-refractivity contribution in [3.05, 3.63) is 47.1 Å². The van der Waals surface area contributed by atoms with Crippen LogP contribution in [0.25, 0.3) is 10.1 Å². The van der Waals surface area contributed by atoms with E-state index in [2.05, 4.69) is 28.4 Å². The summed E-state index contributed by atoms with van der Waals surface area (Å²) in [7, 11) is 1.93. The van der Waals surface area contributed by atoms with E-state index in [0.29, 0.717) is 0 Å². The van der Waals surface area contributed by atoms with E-state index >= 15 is 0 Å². The maximum atomic E-state index is 13.3. The maximum absolute atomic E-state index is 13.3. The van der Waals surface area contributed by atoms with Crippen LogP contribution >= 0.6 is 11.3 Å². The Hall–Kier alpha value is -1.79. The second kappa shape index (κ2) is 5.91. The molecule has 110 valence electrons. The molecule has 21 heavy (non-hydrogen) atoms. The van der Waals surface area contributed by atoms with Crippen molar-refractivity contribution in [2.75, 3.05) is 7.05 Å². The number of halogens is 1. The molecule has 4 nitrogen and oxygen atoms in total. The van der Waals surface area contributed by atoms with Crippen LogP contribution in [-0.2, 0) is 13.0 Å². The van der Waals surface area contributed by atoms with E-state index < -0.39 is 0 Å². The smallest absolute Gasteiger partial charge is 0.138 e. The Morgan fingerprint density at radius 3 is 3.00 bits per heavy atom. The molecule has 3 aromatic rings. The van der Waals surface area contributed by atoms with Gasteiger partial charge in [0.1, 0.15) is 18.0 Å². The number of rotatable bonds is 5. The van der Waals surface area contributed by atoms with E-state index in [0.717, 1.165) is 28.9 Å². The van der Waals surface area contributed by atoms with Crippen LogP contribution in [-0.4, -0.2) is 21.8 Å². The summed E-state index contributed by atoms with van der Waals surface area (Å²) in [4.78, 5) is 5.51. The number of benzene rings is 1. The van der Waals surface area contributed by atoms with Crippen molar-refractivity contribution in [3.8, 4) is 0 Å². The molecule has 0 radical (unpaired) electrons. The predicted molar refractivity (Wildman–Crippen MR) is 83.0 cm³/mol. The number of hydrogen-bond donors (Lipinski definition) is 1. The van der Waals surface area contributed by atoms with Gasteiger partial charge in [0.15, 0.2) is 0 Å². The average molecular weight is 304 g/mol. The Morgan fingerprint density at radius 2 is 2.24 bits per heavy atom. The van der Waals surface area contributed by atoms with Crippen LogP contribution in [0, 0.1) is 5.82 Å². The highest BCUT2D eigenvalue weighted by molar-refractivity contribution is 7.19. The summed E-state index contributed by atoms with van der Waals surface area (Å²) in [6, 6.07) is 7.12. The minimum Gasteiger partial charge on any atom is -0.312 e. The van der Waals surface area contributed by atoms with Gasteiger partial charge in [-0.3, -0.25) is 4.68 Å². The van der Waals surface area contributed by atoms with Crippen molar-refractivity contribution < 1.29 is 4.39 Å². The summed E-state index contributed by atoms with van der Waals surface area (Å²) in [6.45, 7) is 2.86. The highest BCUT2D eigenvalue weighted by Gasteiger charge is 2.16. The van der Waals surface area contributed by atoms with E-state index in [1.807, 2.05) is 17.8 Å². The van der Waals surface area contributed by atoms with Gasteiger partial charge < -0.3 is 5.32 Å². The molecule has 0 aliphatic carbocycles. The molecule has 1 aromatic carbocycles. The Labute approximate surface area is 126 Å². The number of aromatic nitrogens is 3. The van der Waals surface area contributed by atoms with Crippen molar-refractivity contribution in [2.45, 2.75) is 25.9 Å². The van der Waals surface area contributed by atoms with Crippen molar-refractivity contribution >= 4 is 21.4 Å². The Kier molecular flexibility index (Phi) is 3.98. The number of aryl methyl sites for hydroxylation is 1. The van der Waals surface area contributed by atoms with E-state index in [9.17, 15) is 4.39 Å². The topological polar surface area (TPSA) is 42.7 Å². The molecule has 1 N–H and O–H groups in total. The Balaban J connectivity index is 1.90. The van der Waals surface area contributed by atoms with Gasteiger partial charge in [-0.25, -0.2) is 9.37 Å². The van der Waals surface area contributed by atoms with E-state index in [4.69, 9.17) is 0 Å². The molecular weight excluding hydrogens is 287 g/mol. The first-order valence-electron chi connectivity index (χ1n) is 6.94.